The number of aromatic amines is 3. The van der Waals surface area contributed by atoms with Gasteiger partial charge in [-0.15, -0.1) is 0 Å². The van der Waals surface area contributed by atoms with Gasteiger partial charge >= 0.3 is 17.9 Å². The standard InChI is InChI=1S/C24H30N10O9/c35-19(31-16(22(38)39)1-13-4-25-10-28-13)7-34(8-20(36)32-17(23(40)41)2-14-5-26-11-29-14)9-21(37)33-18(24(42)43)3-15-6-27-12-30-15/h4-6,10-12,16-18H,1-3,7-9H2,(H,25,28)(H,26,29)(H,27,30)(H,31,35)(H,32,36)(H,33,37)(H,38,39)(H,40,41)(H,42,43)/p-3. The fourth-order valence-corrected chi connectivity index (χ4v) is 3.76. The molecular formula is C24H27N10O9-3. The lowest BCUT2D eigenvalue weighted by atomic mass is 10.2. The number of rotatable bonds is 18. The number of aliphatic carboxylic acids is 3. The molecule has 0 amide bonds. The molecule has 3 rings (SSSR count). The second-order valence-electron chi connectivity index (χ2n) is 9.12. The monoisotopic (exact) mass is 599 g/mol. The SMILES string of the molecule is O=C(O)C(Cc1cnc[nH]1)N=C([O-])CN(CC([O-])=NC(Cc1cnc[nH]1)C(=O)O)CC([O-])=NC(Cc1cnc[nH]1)C(=O)O. The lowest BCUT2D eigenvalue weighted by Gasteiger charge is -2.30. The highest BCUT2D eigenvalue weighted by Gasteiger charge is 2.20. The number of carboxylic acids is 3. The number of imidazole rings is 3. The van der Waals surface area contributed by atoms with Gasteiger partial charge in [-0.05, 0) is 17.7 Å². The van der Waals surface area contributed by atoms with Crippen LogP contribution in [0, 0.1) is 0 Å². The van der Waals surface area contributed by atoms with Gasteiger partial charge < -0.3 is 45.6 Å². The molecule has 230 valence electrons. The van der Waals surface area contributed by atoms with Crippen molar-refractivity contribution in [2.45, 2.75) is 37.4 Å². The predicted octanol–water partition coefficient (Wildman–Crippen LogP) is -4.18. The zero-order chi connectivity index (χ0) is 31.4. The molecule has 6 N–H and O–H groups in total. The number of hydrogen-bond acceptors (Lipinski definition) is 13. The van der Waals surface area contributed by atoms with E-state index in [4.69, 9.17) is 0 Å². The maximum atomic E-state index is 12.8. The largest absolute Gasteiger partial charge is 0.861 e. The molecule has 3 aromatic heterocycles. The van der Waals surface area contributed by atoms with Crippen molar-refractivity contribution >= 4 is 35.6 Å². The first-order valence-corrected chi connectivity index (χ1v) is 12.5. The van der Waals surface area contributed by atoms with Crippen LogP contribution in [0.25, 0.3) is 0 Å². The average molecular weight is 600 g/mol. The Morgan fingerprint density at radius 1 is 0.628 bits per heavy atom. The highest BCUT2D eigenvalue weighted by molar-refractivity contribution is 5.85. The van der Waals surface area contributed by atoms with E-state index in [0.29, 0.717) is 17.1 Å². The predicted molar refractivity (Wildman–Crippen MR) is 140 cm³/mol. The van der Waals surface area contributed by atoms with Crippen molar-refractivity contribution in [3.8, 4) is 0 Å². The van der Waals surface area contributed by atoms with E-state index >= 15 is 0 Å². The Labute approximate surface area is 242 Å². The number of carbonyl (C=O) groups is 3. The summed E-state index contributed by atoms with van der Waals surface area (Å²) in [5.74, 6) is -7.32. The molecule has 0 bridgehead atoms. The van der Waals surface area contributed by atoms with E-state index in [1.165, 1.54) is 37.6 Å². The fourth-order valence-electron chi connectivity index (χ4n) is 3.76. The summed E-state index contributed by atoms with van der Waals surface area (Å²) in [7, 11) is 0. The zero-order valence-electron chi connectivity index (χ0n) is 22.4. The molecule has 0 aliphatic rings. The Balaban J connectivity index is 1.83. The van der Waals surface area contributed by atoms with E-state index in [2.05, 4.69) is 44.9 Å². The lowest BCUT2D eigenvalue weighted by molar-refractivity contribution is -0.228. The van der Waals surface area contributed by atoms with Gasteiger partial charge in [0.1, 0.15) is 0 Å². The summed E-state index contributed by atoms with van der Waals surface area (Å²) in [6, 6.07) is -4.56. The highest BCUT2D eigenvalue weighted by Crippen LogP contribution is 2.07. The third-order valence-electron chi connectivity index (χ3n) is 5.74. The van der Waals surface area contributed by atoms with Crippen LogP contribution in [0.1, 0.15) is 17.1 Å². The van der Waals surface area contributed by atoms with Gasteiger partial charge in [-0.1, -0.05) is 0 Å². The molecule has 0 fully saturated rings. The first-order chi connectivity index (χ1) is 20.5. The maximum Gasteiger partial charge on any atom is 0.328 e. The Kier molecular flexibility index (Phi) is 11.5. The Morgan fingerprint density at radius 3 is 1.12 bits per heavy atom. The summed E-state index contributed by atoms with van der Waals surface area (Å²) in [5, 5.41) is 66.8. The van der Waals surface area contributed by atoms with E-state index in [9.17, 15) is 45.0 Å². The molecular weight excluding hydrogens is 572 g/mol. The van der Waals surface area contributed by atoms with Crippen molar-refractivity contribution in [3.63, 3.8) is 0 Å². The van der Waals surface area contributed by atoms with Crippen molar-refractivity contribution in [1.29, 1.82) is 0 Å². The quantitative estimate of drug-likeness (QED) is 0.0598. The molecule has 0 aromatic carbocycles. The summed E-state index contributed by atoms with van der Waals surface area (Å²) in [5.41, 5.74) is 1.16. The van der Waals surface area contributed by atoms with Crippen LogP contribution in [-0.4, -0.2) is 123 Å². The Hall–Kier alpha value is -5.59. The minimum atomic E-state index is -1.52. The van der Waals surface area contributed by atoms with Crippen molar-refractivity contribution in [3.05, 3.63) is 54.7 Å². The van der Waals surface area contributed by atoms with Crippen LogP contribution in [0.4, 0.5) is 0 Å². The summed E-state index contributed by atoms with van der Waals surface area (Å²) in [6.07, 6.45) is 7.40. The minimum Gasteiger partial charge on any atom is -0.861 e. The first-order valence-electron chi connectivity index (χ1n) is 12.5. The molecule has 3 aromatic rings. The van der Waals surface area contributed by atoms with Gasteiger partial charge in [-0.3, -0.25) is 19.9 Å². The second kappa shape index (κ2) is 15.4. The molecule has 0 saturated carbocycles. The highest BCUT2D eigenvalue weighted by atomic mass is 16.4. The van der Waals surface area contributed by atoms with Crippen molar-refractivity contribution < 1.29 is 45.0 Å². The van der Waals surface area contributed by atoms with E-state index in [0.717, 1.165) is 4.90 Å². The summed E-state index contributed by atoms with van der Waals surface area (Å²) < 4.78 is 0. The van der Waals surface area contributed by atoms with Crippen LogP contribution in [0.15, 0.2) is 52.5 Å². The van der Waals surface area contributed by atoms with Crippen molar-refractivity contribution in [2.24, 2.45) is 15.0 Å². The third kappa shape index (κ3) is 10.7. The molecule has 0 radical (unpaired) electrons. The van der Waals surface area contributed by atoms with E-state index in [1.54, 1.807) is 0 Å². The molecule has 43 heavy (non-hydrogen) atoms. The normalized spacial score (nSPS) is 14.9. The molecule has 0 aliphatic heterocycles. The van der Waals surface area contributed by atoms with Crippen LogP contribution in [0.2, 0.25) is 0 Å². The van der Waals surface area contributed by atoms with Crippen molar-refractivity contribution in [2.75, 3.05) is 19.6 Å². The molecule has 19 heteroatoms. The number of carboxylic acid groups (broad SMARTS) is 3. The van der Waals surface area contributed by atoms with E-state index in [-0.39, 0.29) is 19.3 Å². The number of nitrogens with one attached hydrogen (secondary N) is 3. The van der Waals surface area contributed by atoms with Crippen LogP contribution >= 0.6 is 0 Å². The summed E-state index contributed by atoms with van der Waals surface area (Å²) in [4.78, 5) is 66.3. The lowest BCUT2D eigenvalue weighted by Crippen LogP contribution is -2.47. The van der Waals surface area contributed by atoms with Crippen LogP contribution in [0.3, 0.4) is 0 Å². The molecule has 19 nitrogen and oxygen atoms in total. The summed E-state index contributed by atoms with van der Waals surface area (Å²) in [6.45, 7) is -2.27. The van der Waals surface area contributed by atoms with E-state index in [1.807, 2.05) is 0 Å². The number of H-pyrrole nitrogens is 3. The van der Waals surface area contributed by atoms with Crippen LogP contribution in [-0.2, 0) is 33.6 Å². The molecule has 3 unspecified atom stereocenters. The van der Waals surface area contributed by atoms with Gasteiger partial charge in [0.15, 0.2) is 18.1 Å². The smallest absolute Gasteiger partial charge is 0.328 e. The third-order valence-corrected chi connectivity index (χ3v) is 5.74. The van der Waals surface area contributed by atoms with Crippen LogP contribution in [0.5, 0.6) is 0 Å². The average Bonchev–Trinajstić information content (AvgIpc) is 3.72. The van der Waals surface area contributed by atoms with Gasteiger partial charge in [-0.2, -0.15) is 0 Å². The Morgan fingerprint density at radius 2 is 0.907 bits per heavy atom. The number of aliphatic imine (C=N–C) groups is 3. The van der Waals surface area contributed by atoms with Gasteiger partial charge in [0.2, 0.25) is 0 Å². The van der Waals surface area contributed by atoms with Gasteiger partial charge in [0.25, 0.3) is 0 Å². The van der Waals surface area contributed by atoms with Crippen molar-refractivity contribution in [1.82, 2.24) is 34.8 Å². The second-order valence-corrected chi connectivity index (χ2v) is 9.12. The Bertz CT molecular complexity index is 1250. The topological polar surface area (TPSA) is 307 Å². The minimum absolute atomic E-state index is 0.203. The molecule has 0 aliphatic carbocycles. The molecule has 3 atom stereocenters. The van der Waals surface area contributed by atoms with E-state index < -0.39 is 73.4 Å². The number of hydrogen-bond donors (Lipinski definition) is 6. The number of aromatic nitrogens is 6. The molecule has 3 heterocycles. The van der Waals surface area contributed by atoms with Crippen LogP contribution < -0.4 is 15.3 Å². The molecule has 0 saturated heterocycles. The first kappa shape index (κ1) is 31.9. The fraction of sp³-hybridized carbons (Fsp3) is 0.375. The van der Waals surface area contributed by atoms with Gasteiger partial charge in [0.05, 0.1) is 19.0 Å². The zero-order valence-corrected chi connectivity index (χ0v) is 22.4. The van der Waals surface area contributed by atoms with Gasteiger partial charge in [0, 0.05) is 74.6 Å². The molecule has 0 spiro atoms. The number of nitrogens with zero attached hydrogens (tertiary/aromatic N) is 7. The van der Waals surface area contributed by atoms with Gasteiger partial charge in [-0.25, -0.2) is 29.3 Å². The maximum absolute atomic E-state index is 12.8. The summed E-state index contributed by atoms with van der Waals surface area (Å²) >= 11 is 0.